The number of hydrogen-bond acceptors (Lipinski definition) is 3. The van der Waals surface area contributed by atoms with Crippen LogP contribution in [0.25, 0.3) is 0 Å². The molecule has 0 saturated carbocycles. The Morgan fingerprint density at radius 1 is 1.62 bits per heavy atom. The Kier molecular flexibility index (Phi) is 4.54. The maximum atomic E-state index is 12.5. The molecular weight excluding hydrogens is 231 g/mol. The van der Waals surface area contributed by atoms with Crippen molar-refractivity contribution in [1.82, 2.24) is 10.3 Å². The van der Waals surface area contributed by atoms with Gasteiger partial charge in [0.1, 0.15) is 0 Å². The number of amides is 1. The number of carbonyl (C=O) groups excluding carboxylic acids is 1. The maximum absolute atomic E-state index is 12.5. The standard InChI is InChI=1S/C10H13FN2O2S/c1-7(6-16(2)15)13-10(14)8-3-4-9(11)12-5-8/h3-5,7H,6H2,1-2H3,(H,13,14). The van der Waals surface area contributed by atoms with Crippen LogP contribution in [0.15, 0.2) is 18.3 Å². The zero-order valence-electron chi connectivity index (χ0n) is 9.07. The summed E-state index contributed by atoms with van der Waals surface area (Å²) in [6, 6.07) is 2.29. The first-order valence-corrected chi connectivity index (χ1v) is 6.44. The van der Waals surface area contributed by atoms with E-state index in [1.807, 2.05) is 0 Å². The Bertz CT molecular complexity index is 394. The molecule has 1 rings (SSSR count). The minimum Gasteiger partial charge on any atom is -0.349 e. The van der Waals surface area contributed by atoms with Gasteiger partial charge in [0.25, 0.3) is 5.91 Å². The molecule has 4 nitrogen and oxygen atoms in total. The van der Waals surface area contributed by atoms with Crippen molar-refractivity contribution in [2.75, 3.05) is 12.0 Å². The molecule has 0 aromatic carbocycles. The number of rotatable bonds is 4. The first kappa shape index (κ1) is 12.8. The van der Waals surface area contributed by atoms with E-state index in [2.05, 4.69) is 10.3 Å². The largest absolute Gasteiger partial charge is 0.349 e. The van der Waals surface area contributed by atoms with E-state index >= 15 is 0 Å². The third kappa shape index (κ3) is 4.06. The predicted octanol–water partition coefficient (Wildman–Crippen LogP) is 0.718. The fourth-order valence-corrected chi connectivity index (χ4v) is 2.00. The molecule has 2 unspecified atom stereocenters. The van der Waals surface area contributed by atoms with Crippen molar-refractivity contribution in [1.29, 1.82) is 0 Å². The molecule has 0 spiro atoms. The van der Waals surface area contributed by atoms with E-state index in [0.717, 1.165) is 6.07 Å². The number of nitrogens with one attached hydrogen (secondary N) is 1. The summed E-state index contributed by atoms with van der Waals surface area (Å²) in [5.74, 6) is -0.579. The molecule has 0 aliphatic rings. The van der Waals surface area contributed by atoms with Crippen LogP contribution in [0.3, 0.4) is 0 Å². The van der Waals surface area contributed by atoms with Gasteiger partial charge in [0.05, 0.1) is 5.56 Å². The lowest BCUT2D eigenvalue weighted by Gasteiger charge is -2.11. The molecule has 0 bridgehead atoms. The molecule has 1 aromatic heterocycles. The molecule has 6 heteroatoms. The summed E-state index contributed by atoms with van der Waals surface area (Å²) in [7, 11) is -0.962. The van der Waals surface area contributed by atoms with Gasteiger partial charge in [-0.05, 0) is 19.1 Å². The summed E-state index contributed by atoms with van der Waals surface area (Å²) in [6.45, 7) is 1.76. The molecule has 0 saturated heterocycles. The van der Waals surface area contributed by atoms with Crippen molar-refractivity contribution >= 4 is 16.7 Å². The average Bonchev–Trinajstić information content (AvgIpc) is 2.16. The normalized spacial score (nSPS) is 14.2. The molecule has 16 heavy (non-hydrogen) atoms. The number of nitrogens with zero attached hydrogens (tertiary/aromatic N) is 1. The van der Waals surface area contributed by atoms with Crippen LogP contribution < -0.4 is 5.32 Å². The number of aromatic nitrogens is 1. The topological polar surface area (TPSA) is 59.1 Å². The highest BCUT2D eigenvalue weighted by Gasteiger charge is 2.11. The van der Waals surface area contributed by atoms with E-state index < -0.39 is 16.7 Å². The highest BCUT2D eigenvalue weighted by molar-refractivity contribution is 7.84. The van der Waals surface area contributed by atoms with Crippen LogP contribution in [-0.4, -0.2) is 33.2 Å². The van der Waals surface area contributed by atoms with E-state index in [0.29, 0.717) is 5.75 Å². The molecule has 1 amide bonds. The summed E-state index contributed by atoms with van der Waals surface area (Å²) in [5.41, 5.74) is 0.287. The Morgan fingerprint density at radius 3 is 2.81 bits per heavy atom. The second-order valence-electron chi connectivity index (χ2n) is 3.48. The molecule has 0 radical (unpaired) electrons. The Balaban J connectivity index is 2.58. The molecule has 2 atom stereocenters. The van der Waals surface area contributed by atoms with Gasteiger partial charge in [-0.2, -0.15) is 4.39 Å². The molecule has 1 N–H and O–H groups in total. The molecule has 0 aliphatic heterocycles. The van der Waals surface area contributed by atoms with Gasteiger partial charge in [0.15, 0.2) is 0 Å². The summed E-state index contributed by atoms with van der Waals surface area (Å²) in [4.78, 5) is 15.0. The molecular formula is C10H13FN2O2S. The molecule has 88 valence electrons. The summed E-state index contributed by atoms with van der Waals surface area (Å²) in [6.07, 6.45) is 2.74. The summed E-state index contributed by atoms with van der Waals surface area (Å²) < 4.78 is 23.4. The highest BCUT2D eigenvalue weighted by Crippen LogP contribution is 1.99. The number of hydrogen-bond donors (Lipinski definition) is 1. The van der Waals surface area contributed by atoms with Gasteiger partial charge in [-0.3, -0.25) is 9.00 Å². The predicted molar refractivity (Wildman–Crippen MR) is 60.1 cm³/mol. The fourth-order valence-electron chi connectivity index (χ4n) is 1.21. The van der Waals surface area contributed by atoms with Crippen molar-refractivity contribution in [3.8, 4) is 0 Å². The molecule has 0 fully saturated rings. The van der Waals surface area contributed by atoms with Crippen LogP contribution in [0.2, 0.25) is 0 Å². The molecule has 1 aromatic rings. The van der Waals surface area contributed by atoms with Crippen LogP contribution in [0.5, 0.6) is 0 Å². The maximum Gasteiger partial charge on any atom is 0.253 e. The first-order valence-electron chi connectivity index (χ1n) is 4.71. The zero-order chi connectivity index (χ0) is 12.1. The van der Waals surface area contributed by atoms with E-state index in [1.165, 1.54) is 12.3 Å². The zero-order valence-corrected chi connectivity index (χ0v) is 9.88. The second-order valence-corrected chi connectivity index (χ2v) is 4.96. The third-order valence-electron chi connectivity index (χ3n) is 1.85. The van der Waals surface area contributed by atoms with Gasteiger partial charge in [0.2, 0.25) is 5.95 Å². The minimum absolute atomic E-state index is 0.191. The smallest absolute Gasteiger partial charge is 0.253 e. The lowest BCUT2D eigenvalue weighted by molar-refractivity contribution is 0.0943. The number of carbonyl (C=O) groups is 1. The van der Waals surface area contributed by atoms with E-state index in [9.17, 15) is 13.4 Å². The Morgan fingerprint density at radius 2 is 2.31 bits per heavy atom. The Labute approximate surface area is 95.7 Å². The van der Waals surface area contributed by atoms with Gasteiger partial charge in [-0.25, -0.2) is 4.98 Å². The number of halogens is 1. The number of pyridine rings is 1. The fraction of sp³-hybridized carbons (Fsp3) is 0.400. The monoisotopic (exact) mass is 244 g/mol. The van der Waals surface area contributed by atoms with Gasteiger partial charge in [0, 0.05) is 35.0 Å². The van der Waals surface area contributed by atoms with E-state index in [1.54, 1.807) is 13.2 Å². The minimum atomic E-state index is -0.962. The van der Waals surface area contributed by atoms with Crippen molar-refractivity contribution < 1.29 is 13.4 Å². The SMILES string of the molecule is CC(CS(C)=O)NC(=O)c1ccc(F)nc1. The van der Waals surface area contributed by atoms with Crippen molar-refractivity contribution in [2.24, 2.45) is 0 Å². The van der Waals surface area contributed by atoms with Gasteiger partial charge in [-0.1, -0.05) is 0 Å². The average molecular weight is 244 g/mol. The van der Waals surface area contributed by atoms with Crippen LogP contribution in [0.1, 0.15) is 17.3 Å². The van der Waals surface area contributed by atoms with Gasteiger partial charge in [-0.15, -0.1) is 0 Å². The first-order chi connectivity index (χ1) is 7.49. The van der Waals surface area contributed by atoms with Crippen molar-refractivity contribution in [3.63, 3.8) is 0 Å². The van der Waals surface area contributed by atoms with Crippen molar-refractivity contribution in [3.05, 3.63) is 29.8 Å². The van der Waals surface area contributed by atoms with Crippen molar-refractivity contribution in [2.45, 2.75) is 13.0 Å². The van der Waals surface area contributed by atoms with Gasteiger partial charge >= 0.3 is 0 Å². The third-order valence-corrected chi connectivity index (χ3v) is 2.82. The quantitative estimate of drug-likeness (QED) is 0.794. The van der Waals surface area contributed by atoms with Gasteiger partial charge < -0.3 is 5.32 Å². The molecule has 1 heterocycles. The molecule has 0 aliphatic carbocycles. The van der Waals surface area contributed by atoms with E-state index in [4.69, 9.17) is 0 Å². The Hall–Kier alpha value is -1.30. The lowest BCUT2D eigenvalue weighted by atomic mass is 10.2. The van der Waals surface area contributed by atoms with Crippen LogP contribution >= 0.6 is 0 Å². The summed E-state index contributed by atoms with van der Waals surface area (Å²) in [5, 5.41) is 2.65. The van der Waals surface area contributed by atoms with Crippen LogP contribution in [0, 0.1) is 5.95 Å². The van der Waals surface area contributed by atoms with Crippen LogP contribution in [0.4, 0.5) is 4.39 Å². The summed E-state index contributed by atoms with van der Waals surface area (Å²) >= 11 is 0. The van der Waals surface area contributed by atoms with E-state index in [-0.39, 0.29) is 17.5 Å². The van der Waals surface area contributed by atoms with Crippen LogP contribution in [-0.2, 0) is 10.8 Å². The second kappa shape index (κ2) is 5.69. The highest BCUT2D eigenvalue weighted by atomic mass is 32.2. The lowest BCUT2D eigenvalue weighted by Crippen LogP contribution is -2.36.